The van der Waals surface area contributed by atoms with E-state index in [9.17, 15) is 24.0 Å². The smallest absolute Gasteiger partial charge is 0.247 e. The highest BCUT2D eigenvalue weighted by atomic mass is 32.2. The maximum Gasteiger partial charge on any atom is 0.247 e. The summed E-state index contributed by atoms with van der Waals surface area (Å²) >= 11 is 7.24. The van der Waals surface area contributed by atoms with Crippen LogP contribution in [-0.4, -0.2) is 88.3 Å². The number of amides is 5. The van der Waals surface area contributed by atoms with Gasteiger partial charge in [-0.15, -0.1) is 11.8 Å². The molecule has 5 amide bonds. The van der Waals surface area contributed by atoms with E-state index in [0.717, 1.165) is 5.75 Å². The summed E-state index contributed by atoms with van der Waals surface area (Å²) in [7, 11) is 1.81. The molecule has 0 radical (unpaired) electrons. The number of thioether (sulfide) groups is 1. The zero-order chi connectivity index (χ0) is 37.4. The Balaban J connectivity index is 1.25. The van der Waals surface area contributed by atoms with Crippen LogP contribution < -0.4 is 31.9 Å². The first-order valence-corrected chi connectivity index (χ1v) is 19.5. The number of likely N-dealkylation sites (N-methyl/N-ethyl adjacent to an activating group) is 1. The fraction of sp³-hybridized carbons (Fsp3) is 0.526. The molecule has 2 aliphatic heterocycles. The molecule has 0 aromatic heterocycles. The predicted molar refractivity (Wildman–Crippen MR) is 206 cm³/mol. The van der Waals surface area contributed by atoms with Crippen molar-refractivity contribution in [2.45, 2.75) is 107 Å². The summed E-state index contributed by atoms with van der Waals surface area (Å²) in [6.07, 6.45) is 4.29. The van der Waals surface area contributed by atoms with Gasteiger partial charge in [-0.3, -0.25) is 24.0 Å². The number of nitrogens with one attached hydrogen (secondary N) is 6. The van der Waals surface area contributed by atoms with Gasteiger partial charge in [0, 0.05) is 12.1 Å². The molecule has 3 fully saturated rings. The van der Waals surface area contributed by atoms with Crippen LogP contribution in [0.3, 0.4) is 0 Å². The van der Waals surface area contributed by atoms with Gasteiger partial charge in [0.05, 0.1) is 16.4 Å². The third-order valence-corrected chi connectivity index (χ3v) is 12.1. The number of carbonyl (C=O) groups is 5. The fourth-order valence-electron chi connectivity index (χ4n) is 7.43. The molecule has 1 aliphatic carbocycles. The molecular formula is C38H51N7O5S2. The number of rotatable bonds is 13. The molecule has 5 rings (SSSR count). The fourth-order valence-corrected chi connectivity index (χ4v) is 9.27. The van der Waals surface area contributed by atoms with E-state index in [2.05, 4.69) is 31.9 Å². The minimum absolute atomic E-state index is 0.111. The minimum Gasteiger partial charge on any atom is -0.367 e. The van der Waals surface area contributed by atoms with Crippen LogP contribution in [0.1, 0.15) is 82.5 Å². The molecule has 2 heterocycles. The topological polar surface area (TPSA) is 161 Å². The second-order valence-corrected chi connectivity index (χ2v) is 16.3. The van der Waals surface area contributed by atoms with Gasteiger partial charge in [-0.2, -0.15) is 0 Å². The van der Waals surface area contributed by atoms with Gasteiger partial charge in [-0.25, -0.2) is 0 Å². The Morgan fingerprint density at radius 2 is 1.40 bits per heavy atom. The van der Waals surface area contributed by atoms with E-state index in [1.807, 2.05) is 76.3 Å². The molecule has 1 unspecified atom stereocenters. The average Bonchev–Trinajstić information content (AvgIpc) is 3.34. The summed E-state index contributed by atoms with van der Waals surface area (Å²) in [6.45, 7) is 5.93. The van der Waals surface area contributed by atoms with Crippen LogP contribution in [0.2, 0.25) is 0 Å². The summed E-state index contributed by atoms with van der Waals surface area (Å²) in [5, 5.41) is 18.1. The molecule has 1 saturated carbocycles. The number of hydrogen-bond donors (Lipinski definition) is 6. The van der Waals surface area contributed by atoms with Crippen molar-refractivity contribution < 1.29 is 24.0 Å². The third kappa shape index (κ3) is 9.31. The Kier molecular flexibility index (Phi) is 13.3. The average molecular weight is 750 g/mol. The number of fused-ring (bicyclic) bond motifs is 1. The Morgan fingerprint density at radius 1 is 0.865 bits per heavy atom. The molecule has 6 atom stereocenters. The summed E-state index contributed by atoms with van der Waals surface area (Å²) in [5.74, 6) is -0.404. The number of thiocarbonyl (C=S) groups is 1. The molecule has 52 heavy (non-hydrogen) atoms. The van der Waals surface area contributed by atoms with Crippen LogP contribution in [-0.2, 0) is 24.0 Å². The number of benzene rings is 2. The van der Waals surface area contributed by atoms with Crippen molar-refractivity contribution in [1.29, 1.82) is 0 Å². The van der Waals surface area contributed by atoms with Crippen LogP contribution in [0, 0.1) is 5.41 Å². The minimum atomic E-state index is -0.977. The van der Waals surface area contributed by atoms with Gasteiger partial charge < -0.3 is 36.8 Å². The SMILES string of the molecule is CN[C@@H](C)C(=S)N[C@H]1CCSC2CC(C)(C)[C@@H](C(=O)N[C@@H](C(=O)NC3CCC(NC(=O)[C@@H](NC=O)c4ccccc4)CC3)c3ccccc3)N2C1=O. The predicted octanol–water partition coefficient (Wildman–Crippen LogP) is 2.86. The van der Waals surface area contributed by atoms with Crippen molar-refractivity contribution in [3.63, 3.8) is 0 Å². The number of nitrogens with zero attached hydrogens (tertiary/aromatic N) is 1. The van der Waals surface area contributed by atoms with E-state index in [0.29, 0.717) is 61.1 Å². The first-order valence-electron chi connectivity index (χ1n) is 18.1. The van der Waals surface area contributed by atoms with Gasteiger partial charge in [0.15, 0.2) is 0 Å². The number of hydrogen-bond acceptors (Lipinski definition) is 8. The molecular weight excluding hydrogens is 699 g/mol. The highest BCUT2D eigenvalue weighted by Crippen LogP contribution is 2.46. The summed E-state index contributed by atoms with van der Waals surface area (Å²) in [5.41, 5.74) is 0.787. The quantitative estimate of drug-likeness (QED) is 0.134. The van der Waals surface area contributed by atoms with Gasteiger partial charge in [-0.05, 0) is 74.8 Å². The molecule has 14 heteroatoms. The monoisotopic (exact) mass is 749 g/mol. The summed E-state index contributed by atoms with van der Waals surface area (Å²) in [6, 6.07) is 14.7. The highest BCUT2D eigenvalue weighted by molar-refractivity contribution is 7.99. The van der Waals surface area contributed by atoms with E-state index in [4.69, 9.17) is 12.2 Å². The molecule has 3 aliphatic rings. The van der Waals surface area contributed by atoms with E-state index in [1.54, 1.807) is 28.8 Å². The maximum atomic E-state index is 14.4. The van der Waals surface area contributed by atoms with Crippen molar-refractivity contribution in [1.82, 2.24) is 36.8 Å². The van der Waals surface area contributed by atoms with E-state index < -0.39 is 29.6 Å². The van der Waals surface area contributed by atoms with Gasteiger partial charge >= 0.3 is 0 Å². The molecule has 0 bridgehead atoms. The first kappa shape index (κ1) is 39.2. The van der Waals surface area contributed by atoms with Gasteiger partial charge in [0.25, 0.3) is 0 Å². The van der Waals surface area contributed by atoms with Crippen LogP contribution >= 0.6 is 24.0 Å². The summed E-state index contributed by atoms with van der Waals surface area (Å²) < 4.78 is 0. The Bertz CT molecular complexity index is 1590. The lowest BCUT2D eigenvalue weighted by Crippen LogP contribution is -2.58. The lowest BCUT2D eigenvalue weighted by Gasteiger charge is -2.35. The zero-order valence-corrected chi connectivity index (χ0v) is 31.9. The third-order valence-electron chi connectivity index (χ3n) is 10.4. The highest BCUT2D eigenvalue weighted by Gasteiger charge is 2.54. The molecule has 2 aromatic rings. The van der Waals surface area contributed by atoms with Crippen molar-refractivity contribution in [2.75, 3.05) is 12.8 Å². The summed E-state index contributed by atoms with van der Waals surface area (Å²) in [4.78, 5) is 69.1. The van der Waals surface area contributed by atoms with Crippen molar-refractivity contribution in [3.8, 4) is 0 Å². The Hall–Kier alpha value is -4.01. The van der Waals surface area contributed by atoms with Gasteiger partial charge in [0.1, 0.15) is 24.2 Å². The maximum absolute atomic E-state index is 14.4. The van der Waals surface area contributed by atoms with E-state index in [1.165, 1.54) is 0 Å². The van der Waals surface area contributed by atoms with E-state index >= 15 is 0 Å². The molecule has 2 aromatic carbocycles. The van der Waals surface area contributed by atoms with Crippen molar-refractivity contribution in [2.24, 2.45) is 5.41 Å². The van der Waals surface area contributed by atoms with Crippen LogP contribution in [0.4, 0.5) is 0 Å². The van der Waals surface area contributed by atoms with Crippen molar-refractivity contribution in [3.05, 3.63) is 71.8 Å². The number of carbonyl (C=O) groups excluding carboxylic acids is 5. The van der Waals surface area contributed by atoms with Gasteiger partial charge in [-0.1, -0.05) is 86.7 Å². The molecule has 12 nitrogen and oxygen atoms in total. The Morgan fingerprint density at radius 3 is 1.94 bits per heavy atom. The zero-order valence-electron chi connectivity index (χ0n) is 30.2. The second-order valence-electron chi connectivity index (χ2n) is 14.6. The van der Waals surface area contributed by atoms with Gasteiger partial charge in [0.2, 0.25) is 30.0 Å². The lowest BCUT2D eigenvalue weighted by molar-refractivity contribution is -0.143. The van der Waals surface area contributed by atoms with Crippen LogP contribution in [0.5, 0.6) is 0 Å². The first-order chi connectivity index (χ1) is 24.9. The normalized spacial score (nSPS) is 25.7. The molecule has 280 valence electrons. The Labute approximate surface area is 315 Å². The largest absolute Gasteiger partial charge is 0.367 e. The standard InChI is InChI=1S/C38H51N7O5S2/c1-23(39-4)36(51)43-28-19-20-52-29-21-38(2,3)32(45(29)37(28)50)35(49)44-31(25-13-9-6-10-14-25)34(48)42-27-17-15-26(16-18-27)41-33(47)30(40-22-46)24-11-7-5-8-12-24/h5-14,22-23,26-32,39H,15-21H2,1-4H3,(H,40,46)(H,41,47)(H,42,48)(H,43,51)(H,44,49)/t23-,26?,27?,28-,29?,30-,31+,32+/m0/s1. The van der Waals surface area contributed by atoms with Crippen LogP contribution in [0.25, 0.3) is 0 Å². The van der Waals surface area contributed by atoms with E-state index in [-0.39, 0.29) is 47.1 Å². The molecule has 6 N–H and O–H groups in total. The van der Waals surface area contributed by atoms with Crippen LogP contribution in [0.15, 0.2) is 60.7 Å². The lowest BCUT2D eigenvalue weighted by atomic mass is 9.83. The second kappa shape index (κ2) is 17.7. The van der Waals surface area contributed by atoms with Crippen molar-refractivity contribution >= 4 is 59.0 Å². The molecule has 0 spiro atoms. The molecule has 2 saturated heterocycles.